The van der Waals surface area contributed by atoms with Crippen molar-refractivity contribution in [1.82, 2.24) is 5.43 Å². The predicted molar refractivity (Wildman–Crippen MR) is 88.9 cm³/mol. The minimum atomic E-state index is -0.687. The van der Waals surface area contributed by atoms with Gasteiger partial charge >= 0.3 is 0 Å². The third kappa shape index (κ3) is 3.17. The Morgan fingerprint density at radius 2 is 1.88 bits per heavy atom. The van der Waals surface area contributed by atoms with Crippen LogP contribution in [0.1, 0.15) is 26.3 Å². The van der Waals surface area contributed by atoms with E-state index in [4.69, 9.17) is 10.2 Å². The summed E-state index contributed by atoms with van der Waals surface area (Å²) in [6, 6.07) is 15.8. The van der Waals surface area contributed by atoms with E-state index in [1.807, 2.05) is 19.1 Å². The van der Waals surface area contributed by atoms with Crippen LogP contribution < -0.4 is 16.7 Å². The fourth-order valence-electron chi connectivity index (χ4n) is 2.28. The van der Waals surface area contributed by atoms with Gasteiger partial charge in [0.25, 0.3) is 11.8 Å². The number of amides is 2. The highest BCUT2D eigenvalue weighted by atomic mass is 16.3. The molecular formula is C18H15N3O3. The van der Waals surface area contributed by atoms with Gasteiger partial charge in [-0.1, -0.05) is 35.9 Å². The fourth-order valence-corrected chi connectivity index (χ4v) is 2.28. The number of rotatable bonds is 3. The molecule has 0 unspecified atom stereocenters. The molecule has 1 heterocycles. The molecule has 2 amide bonds. The van der Waals surface area contributed by atoms with Crippen molar-refractivity contribution in [2.24, 2.45) is 10.8 Å². The van der Waals surface area contributed by atoms with E-state index in [2.05, 4.69) is 10.5 Å². The van der Waals surface area contributed by atoms with E-state index in [1.165, 1.54) is 0 Å². The number of carbonyl (C=O) groups is 2. The van der Waals surface area contributed by atoms with Crippen LogP contribution in [0, 0.1) is 6.92 Å². The number of para-hydroxylation sites is 1. The number of nitrogens with zero attached hydrogens (tertiary/aromatic N) is 1. The number of carbonyl (C=O) groups excluding carboxylic acids is 2. The molecule has 0 fully saturated rings. The van der Waals surface area contributed by atoms with Crippen molar-refractivity contribution in [3.63, 3.8) is 0 Å². The van der Waals surface area contributed by atoms with Crippen LogP contribution in [0.5, 0.6) is 0 Å². The van der Waals surface area contributed by atoms with Crippen LogP contribution in [0.15, 0.2) is 64.1 Å². The molecule has 3 rings (SSSR count). The summed E-state index contributed by atoms with van der Waals surface area (Å²) in [4.78, 5) is 23.8. The summed E-state index contributed by atoms with van der Waals surface area (Å²) < 4.78 is 5.58. The Bertz CT molecular complexity index is 1010. The Kier molecular flexibility index (Phi) is 4.11. The first-order valence-electron chi connectivity index (χ1n) is 7.28. The average Bonchev–Trinajstić information content (AvgIpc) is 2.58. The van der Waals surface area contributed by atoms with Crippen LogP contribution in [0.4, 0.5) is 0 Å². The maximum absolute atomic E-state index is 12.2. The maximum Gasteiger partial charge on any atom is 0.271 e. The molecule has 3 N–H and O–H groups in total. The molecule has 3 aromatic rings. The van der Waals surface area contributed by atoms with Crippen molar-refractivity contribution in [2.75, 3.05) is 0 Å². The molecule has 2 aromatic carbocycles. The third-order valence-corrected chi connectivity index (χ3v) is 3.46. The van der Waals surface area contributed by atoms with Gasteiger partial charge in [0.1, 0.15) is 11.1 Å². The van der Waals surface area contributed by atoms with Gasteiger partial charge in [-0.3, -0.25) is 9.59 Å². The summed E-state index contributed by atoms with van der Waals surface area (Å²) in [5, 5.41) is 4.63. The van der Waals surface area contributed by atoms with Crippen molar-refractivity contribution >= 4 is 22.8 Å². The van der Waals surface area contributed by atoms with Crippen LogP contribution in [-0.2, 0) is 0 Å². The van der Waals surface area contributed by atoms with Gasteiger partial charge in [-0.05, 0) is 31.2 Å². The molecule has 0 saturated carbocycles. The molecule has 24 heavy (non-hydrogen) atoms. The van der Waals surface area contributed by atoms with Crippen LogP contribution >= 0.6 is 0 Å². The minimum Gasteiger partial charge on any atom is -0.436 e. The summed E-state index contributed by atoms with van der Waals surface area (Å²) in [6.07, 6.45) is 0. The first-order chi connectivity index (χ1) is 11.5. The number of fused-ring (bicyclic) bond motifs is 1. The summed E-state index contributed by atoms with van der Waals surface area (Å²) in [7, 11) is 0. The molecular weight excluding hydrogens is 306 g/mol. The first-order valence-corrected chi connectivity index (χ1v) is 7.28. The minimum absolute atomic E-state index is 0.0396. The quantitative estimate of drug-likeness (QED) is 0.723. The van der Waals surface area contributed by atoms with Gasteiger partial charge in [0.2, 0.25) is 5.55 Å². The van der Waals surface area contributed by atoms with Gasteiger partial charge in [0, 0.05) is 10.9 Å². The van der Waals surface area contributed by atoms with E-state index in [-0.39, 0.29) is 11.1 Å². The van der Waals surface area contributed by atoms with Crippen molar-refractivity contribution < 1.29 is 14.0 Å². The zero-order valence-corrected chi connectivity index (χ0v) is 12.9. The second-order valence-corrected chi connectivity index (χ2v) is 5.29. The fraction of sp³-hybridized carbons (Fsp3) is 0.0556. The van der Waals surface area contributed by atoms with E-state index in [0.29, 0.717) is 11.1 Å². The molecule has 0 aliphatic carbocycles. The Labute approximate surface area is 137 Å². The second kappa shape index (κ2) is 6.37. The Morgan fingerprint density at radius 1 is 1.08 bits per heavy atom. The molecule has 0 radical (unpaired) electrons. The van der Waals surface area contributed by atoms with Crippen molar-refractivity contribution in [3.8, 4) is 0 Å². The lowest BCUT2D eigenvalue weighted by Gasteiger charge is -2.03. The number of nitrogens with one attached hydrogen (secondary N) is 1. The van der Waals surface area contributed by atoms with E-state index in [0.717, 1.165) is 10.9 Å². The molecule has 0 atom stereocenters. The first kappa shape index (κ1) is 15.5. The molecule has 0 bridgehead atoms. The highest BCUT2D eigenvalue weighted by molar-refractivity contribution is 5.96. The summed E-state index contributed by atoms with van der Waals surface area (Å²) in [5.41, 5.74) is 9.76. The highest BCUT2D eigenvalue weighted by Gasteiger charge is 2.10. The molecule has 6 nitrogen and oxygen atoms in total. The highest BCUT2D eigenvalue weighted by Crippen LogP contribution is 2.12. The summed E-state index contributed by atoms with van der Waals surface area (Å²) in [5.74, 6) is -1.09. The van der Waals surface area contributed by atoms with Crippen molar-refractivity contribution in [1.29, 1.82) is 0 Å². The molecule has 0 saturated heterocycles. The molecule has 6 heteroatoms. The monoisotopic (exact) mass is 321 g/mol. The van der Waals surface area contributed by atoms with E-state index >= 15 is 0 Å². The number of hydrogen-bond acceptors (Lipinski definition) is 4. The predicted octanol–water partition coefficient (Wildman–Crippen LogP) is 2.09. The Balaban J connectivity index is 2.01. The molecule has 120 valence electrons. The summed E-state index contributed by atoms with van der Waals surface area (Å²) in [6.45, 7) is 1.89. The average molecular weight is 321 g/mol. The normalized spacial score (nSPS) is 11.5. The van der Waals surface area contributed by atoms with Gasteiger partial charge in [-0.25, -0.2) is 5.43 Å². The second-order valence-electron chi connectivity index (χ2n) is 5.29. The lowest BCUT2D eigenvalue weighted by atomic mass is 10.1. The number of aryl methyl sites for hydroxylation is 1. The van der Waals surface area contributed by atoms with Crippen molar-refractivity contribution in [3.05, 3.63) is 76.8 Å². The van der Waals surface area contributed by atoms with Gasteiger partial charge < -0.3 is 10.2 Å². The number of primary amides is 1. The Morgan fingerprint density at radius 3 is 2.62 bits per heavy atom. The molecule has 0 aliphatic rings. The maximum atomic E-state index is 12.2. The van der Waals surface area contributed by atoms with Crippen LogP contribution in [0.2, 0.25) is 0 Å². The molecule has 0 aliphatic heterocycles. The SMILES string of the molecule is Cc1cccc(C(=O)N/N=c2/oc3ccccc3cc2C(N)=O)c1. The third-order valence-electron chi connectivity index (χ3n) is 3.46. The summed E-state index contributed by atoms with van der Waals surface area (Å²) >= 11 is 0. The lowest BCUT2D eigenvalue weighted by Crippen LogP contribution is -2.27. The largest absolute Gasteiger partial charge is 0.436 e. The van der Waals surface area contributed by atoms with E-state index in [1.54, 1.807) is 42.5 Å². The van der Waals surface area contributed by atoms with Gasteiger partial charge in [-0.2, -0.15) is 0 Å². The lowest BCUT2D eigenvalue weighted by molar-refractivity contribution is 0.0946. The van der Waals surface area contributed by atoms with Gasteiger partial charge in [0.05, 0.1) is 0 Å². The molecule has 1 aromatic heterocycles. The topological polar surface area (TPSA) is 97.7 Å². The van der Waals surface area contributed by atoms with Crippen LogP contribution in [-0.4, -0.2) is 11.8 Å². The van der Waals surface area contributed by atoms with E-state index in [9.17, 15) is 9.59 Å². The number of nitrogens with two attached hydrogens (primary N) is 1. The van der Waals surface area contributed by atoms with Crippen LogP contribution in [0.25, 0.3) is 11.0 Å². The van der Waals surface area contributed by atoms with Gasteiger partial charge in [0.15, 0.2) is 0 Å². The Hall–Kier alpha value is -3.41. The smallest absolute Gasteiger partial charge is 0.271 e. The number of benzene rings is 2. The van der Waals surface area contributed by atoms with Crippen LogP contribution in [0.3, 0.4) is 0 Å². The van der Waals surface area contributed by atoms with Gasteiger partial charge in [-0.15, -0.1) is 5.10 Å². The number of hydrogen-bond donors (Lipinski definition) is 2. The zero-order valence-electron chi connectivity index (χ0n) is 12.9. The van der Waals surface area contributed by atoms with Crippen molar-refractivity contribution in [2.45, 2.75) is 6.92 Å². The zero-order chi connectivity index (χ0) is 17.1. The van der Waals surface area contributed by atoms with E-state index < -0.39 is 11.8 Å². The molecule has 0 spiro atoms. The standard InChI is InChI=1S/C18H15N3O3/c1-11-5-4-7-13(9-11)17(23)20-21-18-14(16(19)22)10-12-6-2-3-8-15(12)24-18/h2-10H,1H3,(H2,19,22)(H,20,23)/b21-18+.